The zero-order chi connectivity index (χ0) is 14.8. The number of halogens is 2. The van der Waals surface area contributed by atoms with Crippen LogP contribution in [0.3, 0.4) is 0 Å². The van der Waals surface area contributed by atoms with Gasteiger partial charge in [-0.25, -0.2) is 14.4 Å². The first-order chi connectivity index (χ1) is 10.2. The molecule has 0 spiro atoms. The molecule has 3 nitrogen and oxygen atoms in total. The minimum absolute atomic E-state index is 0.143. The standard InChI is InChI=1S/C16H17ClFN3/c1-2-4-13-11-8-19-9-14(11)21-15(20-13)7-10-5-3-6-12(17)16(10)18/h3,5-6,19H,2,4,7-9H2,1H3. The van der Waals surface area contributed by atoms with Crippen molar-refractivity contribution in [3.63, 3.8) is 0 Å². The molecule has 1 aliphatic heterocycles. The van der Waals surface area contributed by atoms with E-state index in [1.165, 1.54) is 5.56 Å². The summed E-state index contributed by atoms with van der Waals surface area (Å²) in [4.78, 5) is 9.22. The number of aromatic nitrogens is 2. The summed E-state index contributed by atoms with van der Waals surface area (Å²) < 4.78 is 14.0. The third-order valence-electron chi connectivity index (χ3n) is 3.69. The summed E-state index contributed by atoms with van der Waals surface area (Å²) in [6, 6.07) is 5.04. The molecule has 0 aliphatic carbocycles. The summed E-state index contributed by atoms with van der Waals surface area (Å²) in [6.45, 7) is 3.73. The fraction of sp³-hybridized carbons (Fsp3) is 0.375. The van der Waals surface area contributed by atoms with Crippen molar-refractivity contribution in [2.75, 3.05) is 0 Å². The van der Waals surface area contributed by atoms with Gasteiger partial charge in [0, 0.05) is 30.8 Å². The second-order valence-corrected chi connectivity index (χ2v) is 5.66. The van der Waals surface area contributed by atoms with Crippen LogP contribution in [-0.2, 0) is 25.9 Å². The first-order valence-electron chi connectivity index (χ1n) is 7.20. The van der Waals surface area contributed by atoms with Crippen molar-refractivity contribution >= 4 is 11.6 Å². The lowest BCUT2D eigenvalue weighted by atomic mass is 10.1. The molecule has 0 saturated heterocycles. The molecule has 0 amide bonds. The number of fused-ring (bicyclic) bond motifs is 1. The molecule has 110 valence electrons. The maximum Gasteiger partial charge on any atom is 0.145 e. The molecule has 0 unspecified atom stereocenters. The summed E-state index contributed by atoms with van der Waals surface area (Å²) in [7, 11) is 0. The number of nitrogens with zero attached hydrogens (tertiary/aromatic N) is 2. The van der Waals surface area contributed by atoms with Crippen LogP contribution in [0.25, 0.3) is 0 Å². The Kier molecular flexibility index (Phi) is 4.17. The molecule has 0 bridgehead atoms. The molecule has 5 heteroatoms. The average Bonchev–Trinajstić information content (AvgIpc) is 2.93. The van der Waals surface area contributed by atoms with Gasteiger partial charge >= 0.3 is 0 Å². The van der Waals surface area contributed by atoms with Crippen LogP contribution in [0.1, 0.15) is 41.7 Å². The maximum atomic E-state index is 14.0. The highest BCUT2D eigenvalue weighted by atomic mass is 35.5. The van der Waals surface area contributed by atoms with Gasteiger partial charge < -0.3 is 5.32 Å². The lowest BCUT2D eigenvalue weighted by Gasteiger charge is -2.10. The molecular weight excluding hydrogens is 289 g/mol. The van der Waals surface area contributed by atoms with Gasteiger partial charge in [-0.05, 0) is 18.1 Å². The van der Waals surface area contributed by atoms with E-state index in [1.807, 2.05) is 0 Å². The van der Waals surface area contributed by atoms with Crippen LogP contribution in [0, 0.1) is 5.82 Å². The smallest absolute Gasteiger partial charge is 0.145 e. The Hall–Kier alpha value is -1.52. The van der Waals surface area contributed by atoms with E-state index in [1.54, 1.807) is 18.2 Å². The lowest BCUT2D eigenvalue weighted by Crippen LogP contribution is -2.07. The predicted molar refractivity (Wildman–Crippen MR) is 80.8 cm³/mol. The van der Waals surface area contributed by atoms with Gasteiger partial charge in [0.2, 0.25) is 0 Å². The quantitative estimate of drug-likeness (QED) is 0.940. The van der Waals surface area contributed by atoms with Crippen LogP contribution in [-0.4, -0.2) is 9.97 Å². The van der Waals surface area contributed by atoms with Crippen LogP contribution in [0.4, 0.5) is 4.39 Å². The van der Waals surface area contributed by atoms with Crippen molar-refractivity contribution in [2.45, 2.75) is 39.3 Å². The van der Waals surface area contributed by atoms with Gasteiger partial charge in [-0.3, -0.25) is 0 Å². The fourth-order valence-corrected chi connectivity index (χ4v) is 2.87. The Morgan fingerprint density at radius 2 is 2.14 bits per heavy atom. The van der Waals surface area contributed by atoms with E-state index in [0.29, 0.717) is 17.8 Å². The van der Waals surface area contributed by atoms with Crippen molar-refractivity contribution < 1.29 is 4.39 Å². The molecule has 2 aromatic rings. The molecule has 1 aromatic carbocycles. The molecule has 21 heavy (non-hydrogen) atoms. The molecular formula is C16H17ClFN3. The Bertz CT molecular complexity index is 673. The molecule has 1 N–H and O–H groups in total. The van der Waals surface area contributed by atoms with E-state index >= 15 is 0 Å². The Labute approximate surface area is 128 Å². The predicted octanol–water partition coefficient (Wildman–Crippen LogP) is 3.42. The van der Waals surface area contributed by atoms with Gasteiger partial charge in [0.1, 0.15) is 11.6 Å². The zero-order valence-corrected chi connectivity index (χ0v) is 12.7. The van der Waals surface area contributed by atoms with Gasteiger partial charge in [-0.15, -0.1) is 0 Å². The first kappa shape index (κ1) is 14.4. The monoisotopic (exact) mass is 305 g/mol. The van der Waals surface area contributed by atoms with Crippen LogP contribution >= 0.6 is 11.6 Å². The minimum atomic E-state index is -0.376. The van der Waals surface area contributed by atoms with Crippen LogP contribution in [0.5, 0.6) is 0 Å². The number of hydrogen-bond acceptors (Lipinski definition) is 3. The largest absolute Gasteiger partial charge is 0.307 e. The summed E-state index contributed by atoms with van der Waals surface area (Å²) in [6.07, 6.45) is 2.34. The lowest BCUT2D eigenvalue weighted by molar-refractivity contribution is 0.612. The Morgan fingerprint density at radius 3 is 2.95 bits per heavy atom. The minimum Gasteiger partial charge on any atom is -0.307 e. The van der Waals surface area contributed by atoms with Gasteiger partial charge in [0.05, 0.1) is 10.7 Å². The normalized spacial score (nSPS) is 13.5. The summed E-state index contributed by atoms with van der Waals surface area (Å²) >= 11 is 5.83. The summed E-state index contributed by atoms with van der Waals surface area (Å²) in [5.41, 5.74) is 3.89. The third-order valence-corrected chi connectivity index (χ3v) is 3.98. The fourth-order valence-electron chi connectivity index (χ4n) is 2.67. The molecule has 1 aromatic heterocycles. The zero-order valence-electron chi connectivity index (χ0n) is 11.9. The van der Waals surface area contributed by atoms with E-state index in [0.717, 1.165) is 37.3 Å². The summed E-state index contributed by atoms with van der Waals surface area (Å²) in [5.74, 6) is 0.292. The highest BCUT2D eigenvalue weighted by molar-refractivity contribution is 6.30. The van der Waals surface area contributed by atoms with Gasteiger partial charge in [-0.1, -0.05) is 37.1 Å². The van der Waals surface area contributed by atoms with E-state index in [2.05, 4.69) is 22.2 Å². The van der Waals surface area contributed by atoms with E-state index in [4.69, 9.17) is 11.6 Å². The number of hydrogen-bond donors (Lipinski definition) is 1. The molecule has 0 fully saturated rings. The van der Waals surface area contributed by atoms with Crippen molar-refractivity contribution in [3.05, 3.63) is 57.4 Å². The number of aryl methyl sites for hydroxylation is 1. The summed E-state index contributed by atoms with van der Waals surface area (Å²) in [5, 5.41) is 3.44. The highest BCUT2D eigenvalue weighted by Gasteiger charge is 2.19. The van der Waals surface area contributed by atoms with Crippen LogP contribution in [0.2, 0.25) is 5.02 Å². The van der Waals surface area contributed by atoms with E-state index in [9.17, 15) is 4.39 Å². The van der Waals surface area contributed by atoms with Crippen molar-refractivity contribution in [3.8, 4) is 0 Å². The molecule has 1 aliphatic rings. The van der Waals surface area contributed by atoms with E-state index < -0.39 is 0 Å². The SMILES string of the molecule is CCCc1nc(Cc2cccc(Cl)c2F)nc2c1CNC2. The van der Waals surface area contributed by atoms with Gasteiger partial charge in [0.25, 0.3) is 0 Å². The second-order valence-electron chi connectivity index (χ2n) is 5.26. The molecule has 0 radical (unpaired) electrons. The average molecular weight is 306 g/mol. The number of rotatable bonds is 4. The highest BCUT2D eigenvalue weighted by Crippen LogP contribution is 2.22. The van der Waals surface area contributed by atoms with Crippen LogP contribution < -0.4 is 5.32 Å². The molecule has 3 rings (SSSR count). The third kappa shape index (κ3) is 2.92. The van der Waals surface area contributed by atoms with Crippen molar-refractivity contribution in [1.29, 1.82) is 0 Å². The number of benzene rings is 1. The molecule has 0 saturated carbocycles. The number of nitrogens with one attached hydrogen (secondary N) is 1. The Morgan fingerprint density at radius 1 is 1.29 bits per heavy atom. The van der Waals surface area contributed by atoms with Gasteiger partial charge in [-0.2, -0.15) is 0 Å². The van der Waals surface area contributed by atoms with E-state index in [-0.39, 0.29) is 10.8 Å². The first-order valence-corrected chi connectivity index (χ1v) is 7.58. The topological polar surface area (TPSA) is 37.8 Å². The van der Waals surface area contributed by atoms with Crippen molar-refractivity contribution in [1.82, 2.24) is 15.3 Å². The maximum absolute atomic E-state index is 14.0. The molecule has 2 heterocycles. The van der Waals surface area contributed by atoms with Crippen LogP contribution in [0.15, 0.2) is 18.2 Å². The molecule has 0 atom stereocenters. The van der Waals surface area contributed by atoms with Crippen molar-refractivity contribution in [2.24, 2.45) is 0 Å². The van der Waals surface area contributed by atoms with Gasteiger partial charge in [0.15, 0.2) is 0 Å². The Balaban J connectivity index is 1.96. The second kappa shape index (κ2) is 6.08.